The number of hydrogen-bond donors (Lipinski definition) is 3. The third-order valence-electron chi connectivity index (χ3n) is 6.14. The van der Waals surface area contributed by atoms with Gasteiger partial charge in [-0.25, -0.2) is 9.59 Å². The number of carbonyl (C=O) groups excluding carboxylic acids is 2. The smallest absolute Gasteiger partial charge is 0.407 e. The maximum atomic E-state index is 12.0. The number of aliphatic hydroxyl groups excluding tert-OH is 1. The molecule has 1 aromatic rings. The number of benzene rings is 1. The lowest BCUT2D eigenvalue weighted by Gasteiger charge is -2.32. The molecular formula is C29H48N2O6. The molecule has 37 heavy (non-hydrogen) atoms. The van der Waals surface area contributed by atoms with Gasteiger partial charge in [-0.1, -0.05) is 56.0 Å². The first-order valence-corrected chi connectivity index (χ1v) is 13.6. The highest BCUT2D eigenvalue weighted by Gasteiger charge is 2.29. The zero-order valence-electron chi connectivity index (χ0n) is 23.5. The van der Waals surface area contributed by atoms with Crippen LogP contribution in [0.4, 0.5) is 9.59 Å². The summed E-state index contributed by atoms with van der Waals surface area (Å²) in [6.45, 7) is 11.7. The van der Waals surface area contributed by atoms with Crippen molar-refractivity contribution in [2.24, 2.45) is 0 Å². The molecule has 0 spiro atoms. The summed E-state index contributed by atoms with van der Waals surface area (Å²) < 4.78 is 16.5. The number of alkyl carbamates (subject to hydrolysis) is 2. The van der Waals surface area contributed by atoms with E-state index in [1.54, 1.807) is 0 Å². The van der Waals surface area contributed by atoms with Crippen molar-refractivity contribution >= 4 is 12.2 Å². The molecule has 2 fully saturated rings. The van der Waals surface area contributed by atoms with Gasteiger partial charge in [-0.2, -0.15) is 0 Å². The Kier molecular flexibility index (Phi) is 12.2. The second-order valence-electron chi connectivity index (χ2n) is 12.0. The highest BCUT2D eigenvalue weighted by atomic mass is 16.6. The van der Waals surface area contributed by atoms with E-state index in [1.807, 2.05) is 59.7 Å². The molecule has 8 nitrogen and oxygen atoms in total. The molecule has 2 aliphatic rings. The average Bonchev–Trinajstić information content (AvgIpc) is 2.79. The van der Waals surface area contributed by atoms with Gasteiger partial charge in [0.1, 0.15) is 11.2 Å². The van der Waals surface area contributed by atoms with E-state index < -0.39 is 23.4 Å². The molecule has 0 aromatic heterocycles. The van der Waals surface area contributed by atoms with Crippen LogP contribution in [0.3, 0.4) is 0 Å². The number of rotatable bonds is 5. The van der Waals surface area contributed by atoms with E-state index in [2.05, 4.69) is 22.8 Å². The SMILES string of the molecule is CC(C)(C)OC(=O)N[C@@H]1CCCC[C@H]1O.CC(C)(C)OC(=O)N[C@@H]1CCCC[C@H]1OCc1ccccc1. The van der Waals surface area contributed by atoms with Gasteiger partial charge in [0.05, 0.1) is 30.9 Å². The number of ether oxygens (including phenoxy) is 3. The monoisotopic (exact) mass is 520 g/mol. The Hall–Kier alpha value is -2.32. The van der Waals surface area contributed by atoms with Crippen LogP contribution in [0.2, 0.25) is 0 Å². The molecule has 1 aromatic carbocycles. The van der Waals surface area contributed by atoms with Crippen molar-refractivity contribution in [1.82, 2.24) is 10.6 Å². The third kappa shape index (κ3) is 13.2. The van der Waals surface area contributed by atoms with Crippen molar-refractivity contribution in [3.8, 4) is 0 Å². The molecule has 0 saturated heterocycles. The van der Waals surface area contributed by atoms with E-state index in [-0.39, 0.29) is 24.3 Å². The van der Waals surface area contributed by atoms with Crippen molar-refractivity contribution in [2.75, 3.05) is 0 Å². The Labute approximate surface area is 222 Å². The van der Waals surface area contributed by atoms with Gasteiger partial charge in [-0.15, -0.1) is 0 Å². The largest absolute Gasteiger partial charge is 0.444 e. The number of aliphatic hydroxyl groups is 1. The molecule has 210 valence electrons. The van der Waals surface area contributed by atoms with Gasteiger partial charge in [-0.05, 0) is 72.8 Å². The molecule has 3 rings (SSSR count). The summed E-state index contributed by atoms with van der Waals surface area (Å²) in [6, 6.07) is 10.0. The molecule has 0 aliphatic heterocycles. The van der Waals surface area contributed by atoms with Gasteiger partial charge < -0.3 is 30.0 Å². The second kappa shape index (κ2) is 14.6. The molecule has 4 atom stereocenters. The highest BCUT2D eigenvalue weighted by molar-refractivity contribution is 5.68. The molecule has 2 aliphatic carbocycles. The number of hydrogen-bond acceptors (Lipinski definition) is 6. The van der Waals surface area contributed by atoms with Gasteiger partial charge in [0.25, 0.3) is 0 Å². The zero-order valence-corrected chi connectivity index (χ0v) is 23.5. The topological polar surface area (TPSA) is 106 Å². The Morgan fingerprint density at radius 3 is 1.81 bits per heavy atom. The van der Waals surface area contributed by atoms with E-state index in [0.29, 0.717) is 6.61 Å². The Morgan fingerprint density at radius 2 is 1.27 bits per heavy atom. The van der Waals surface area contributed by atoms with Crippen LogP contribution < -0.4 is 10.6 Å². The first-order chi connectivity index (χ1) is 17.3. The van der Waals surface area contributed by atoms with Crippen molar-refractivity contribution in [2.45, 2.75) is 135 Å². The van der Waals surface area contributed by atoms with Crippen molar-refractivity contribution in [1.29, 1.82) is 0 Å². The highest BCUT2D eigenvalue weighted by Crippen LogP contribution is 2.23. The van der Waals surface area contributed by atoms with Crippen LogP contribution in [0.15, 0.2) is 30.3 Å². The average molecular weight is 521 g/mol. The fourth-order valence-corrected chi connectivity index (χ4v) is 4.44. The predicted molar refractivity (Wildman–Crippen MR) is 144 cm³/mol. The van der Waals surface area contributed by atoms with Gasteiger partial charge in [-0.3, -0.25) is 0 Å². The van der Waals surface area contributed by atoms with Crippen molar-refractivity contribution in [3.05, 3.63) is 35.9 Å². The quantitative estimate of drug-likeness (QED) is 0.449. The summed E-state index contributed by atoms with van der Waals surface area (Å²) >= 11 is 0. The lowest BCUT2D eigenvalue weighted by atomic mass is 9.92. The molecule has 2 amide bonds. The van der Waals surface area contributed by atoms with Crippen LogP contribution >= 0.6 is 0 Å². The van der Waals surface area contributed by atoms with Crippen molar-refractivity contribution < 1.29 is 28.9 Å². The van der Waals surface area contributed by atoms with Gasteiger partial charge in [0.2, 0.25) is 0 Å². The summed E-state index contributed by atoms with van der Waals surface area (Å²) in [5, 5.41) is 15.3. The van der Waals surface area contributed by atoms with Gasteiger partial charge >= 0.3 is 12.2 Å². The first kappa shape index (κ1) is 30.9. The van der Waals surface area contributed by atoms with E-state index in [4.69, 9.17) is 14.2 Å². The van der Waals surface area contributed by atoms with E-state index >= 15 is 0 Å². The van der Waals surface area contributed by atoms with E-state index in [9.17, 15) is 14.7 Å². The molecule has 0 unspecified atom stereocenters. The Bertz CT molecular complexity index is 818. The molecule has 0 heterocycles. The van der Waals surface area contributed by atoms with Crippen LogP contribution in [0, 0.1) is 0 Å². The van der Waals surface area contributed by atoms with Crippen LogP contribution in [0.25, 0.3) is 0 Å². The first-order valence-electron chi connectivity index (χ1n) is 13.6. The van der Waals surface area contributed by atoms with Gasteiger partial charge in [0.15, 0.2) is 0 Å². The minimum absolute atomic E-state index is 0.0345. The summed E-state index contributed by atoms with van der Waals surface area (Å²) in [5.41, 5.74) is 0.201. The second-order valence-corrected chi connectivity index (χ2v) is 12.0. The standard InChI is InChI=1S/C18H27NO3.C11H21NO3/c1-18(2,3)22-17(20)19-15-11-7-8-12-16(15)21-13-14-9-5-4-6-10-14;1-11(2,3)15-10(14)12-8-6-4-5-7-9(8)13/h4-6,9-10,15-16H,7-8,11-13H2,1-3H3,(H,19,20);8-9,13H,4-7H2,1-3H3,(H,12,14)/t15-,16-;8-,9-/m11/s1. The molecule has 8 heteroatoms. The van der Waals surface area contributed by atoms with E-state index in [1.165, 1.54) is 0 Å². The lowest BCUT2D eigenvalue weighted by Crippen LogP contribution is -2.47. The van der Waals surface area contributed by atoms with Crippen LogP contribution in [-0.4, -0.2) is 52.8 Å². The molecular weight excluding hydrogens is 472 g/mol. The maximum absolute atomic E-state index is 12.0. The molecule has 3 N–H and O–H groups in total. The zero-order chi connectivity index (χ0) is 27.5. The summed E-state index contributed by atoms with van der Waals surface area (Å²) in [7, 11) is 0. The van der Waals surface area contributed by atoms with Crippen molar-refractivity contribution in [3.63, 3.8) is 0 Å². The third-order valence-corrected chi connectivity index (χ3v) is 6.14. The van der Waals surface area contributed by atoms with Crippen LogP contribution in [0.5, 0.6) is 0 Å². The normalized spacial score (nSPS) is 24.2. The summed E-state index contributed by atoms with van der Waals surface area (Å²) in [5.74, 6) is 0. The number of nitrogens with one attached hydrogen (secondary N) is 2. The number of carbonyl (C=O) groups is 2. The van der Waals surface area contributed by atoms with Crippen LogP contribution in [0.1, 0.15) is 98.5 Å². The predicted octanol–water partition coefficient (Wildman–Crippen LogP) is 5.85. The fourth-order valence-electron chi connectivity index (χ4n) is 4.44. The minimum atomic E-state index is -0.482. The molecule has 2 saturated carbocycles. The van der Waals surface area contributed by atoms with Gasteiger partial charge in [0, 0.05) is 0 Å². The molecule has 0 radical (unpaired) electrons. The molecule has 0 bridgehead atoms. The van der Waals surface area contributed by atoms with Crippen LogP contribution in [-0.2, 0) is 20.8 Å². The maximum Gasteiger partial charge on any atom is 0.407 e. The Balaban J connectivity index is 0.000000281. The fraction of sp³-hybridized carbons (Fsp3) is 0.724. The summed E-state index contributed by atoms with van der Waals surface area (Å²) in [4.78, 5) is 23.4. The summed E-state index contributed by atoms with van der Waals surface area (Å²) in [6.07, 6.45) is 6.71. The minimum Gasteiger partial charge on any atom is -0.444 e. The lowest BCUT2D eigenvalue weighted by molar-refractivity contribution is -0.0113. The number of amides is 2. The Morgan fingerprint density at radius 1 is 0.784 bits per heavy atom. The van der Waals surface area contributed by atoms with E-state index in [0.717, 1.165) is 56.9 Å².